The van der Waals surface area contributed by atoms with Crippen molar-refractivity contribution in [2.45, 2.75) is 4.90 Å². The zero-order valence-corrected chi connectivity index (χ0v) is 12.9. The summed E-state index contributed by atoms with van der Waals surface area (Å²) in [4.78, 5) is 13.6. The highest BCUT2D eigenvalue weighted by atomic mass is 79.9. The summed E-state index contributed by atoms with van der Waals surface area (Å²) in [6, 6.07) is 11.1. The lowest BCUT2D eigenvalue weighted by Crippen LogP contribution is -2.41. The average Bonchev–Trinajstić information content (AvgIpc) is 2.46. The van der Waals surface area contributed by atoms with Crippen molar-refractivity contribution in [1.82, 2.24) is 10.3 Å². The Kier molecular flexibility index (Phi) is 4.71. The first-order chi connectivity index (χ1) is 9.90. The quantitative estimate of drug-likeness (QED) is 0.807. The van der Waals surface area contributed by atoms with E-state index in [1.807, 2.05) is 10.3 Å². The van der Waals surface area contributed by atoms with Crippen molar-refractivity contribution >= 4 is 31.9 Å². The number of hydrogen-bond donors (Lipinski definition) is 2. The Morgan fingerprint density at radius 1 is 1.05 bits per heavy atom. The molecule has 0 aliphatic carbocycles. The number of carbonyl (C=O) groups excluding carboxylic acids is 1. The van der Waals surface area contributed by atoms with Crippen LogP contribution in [-0.2, 0) is 10.0 Å². The van der Waals surface area contributed by atoms with Gasteiger partial charge in [0.15, 0.2) is 0 Å². The first kappa shape index (κ1) is 15.6. The van der Waals surface area contributed by atoms with Crippen LogP contribution < -0.4 is 10.3 Å². The maximum atomic E-state index is 13.4. The third-order valence-corrected chi connectivity index (χ3v) is 4.33. The third-order valence-electron chi connectivity index (χ3n) is 2.54. The van der Waals surface area contributed by atoms with Crippen LogP contribution in [0.5, 0.6) is 0 Å². The van der Waals surface area contributed by atoms with E-state index in [1.165, 1.54) is 30.3 Å². The van der Waals surface area contributed by atoms with Gasteiger partial charge < -0.3 is 0 Å². The lowest BCUT2D eigenvalue weighted by molar-refractivity contribution is 0.0941. The fraction of sp³-hybridized carbons (Fsp3) is 0. The molecule has 5 nitrogen and oxygen atoms in total. The minimum absolute atomic E-state index is 0.0282. The summed E-state index contributed by atoms with van der Waals surface area (Å²) < 4.78 is 38.0. The van der Waals surface area contributed by atoms with Crippen molar-refractivity contribution in [3.05, 3.63) is 64.4 Å². The van der Waals surface area contributed by atoms with Crippen LogP contribution in [0.2, 0.25) is 0 Å². The molecule has 0 heterocycles. The lowest BCUT2D eigenvalue weighted by Gasteiger charge is -2.09. The number of halogens is 2. The van der Waals surface area contributed by atoms with Crippen molar-refractivity contribution in [3.63, 3.8) is 0 Å². The van der Waals surface area contributed by atoms with E-state index in [-0.39, 0.29) is 10.5 Å². The average molecular weight is 373 g/mol. The number of nitrogens with one attached hydrogen (secondary N) is 2. The van der Waals surface area contributed by atoms with Gasteiger partial charge in [0.05, 0.1) is 10.5 Å². The highest BCUT2D eigenvalue weighted by molar-refractivity contribution is 9.10. The van der Waals surface area contributed by atoms with Gasteiger partial charge in [-0.15, -0.1) is 4.83 Å². The summed E-state index contributed by atoms with van der Waals surface area (Å²) in [7, 11) is -3.92. The van der Waals surface area contributed by atoms with E-state index in [4.69, 9.17) is 0 Å². The van der Waals surface area contributed by atoms with Gasteiger partial charge in [0.2, 0.25) is 0 Å². The van der Waals surface area contributed by atoms with Crippen molar-refractivity contribution in [2.24, 2.45) is 0 Å². The normalized spacial score (nSPS) is 11.1. The Bertz CT molecular complexity index is 763. The maximum absolute atomic E-state index is 13.4. The van der Waals surface area contributed by atoms with Crippen LogP contribution >= 0.6 is 15.9 Å². The molecule has 0 bridgehead atoms. The molecular formula is C13H10BrFN2O3S. The Hall–Kier alpha value is -1.77. The van der Waals surface area contributed by atoms with E-state index in [0.29, 0.717) is 0 Å². The molecule has 0 radical (unpaired) electrons. The first-order valence-corrected chi connectivity index (χ1v) is 8.00. The number of sulfonamides is 1. The molecule has 2 N–H and O–H groups in total. The number of hydrazine groups is 1. The standard InChI is InChI=1S/C13H10BrFN2O3S/c14-9-5-7-10(8-6-9)21(19,20)17-16-13(18)11-3-1-2-4-12(11)15/h1-8,17H,(H,16,18). The van der Waals surface area contributed by atoms with Crippen LogP contribution in [0.1, 0.15) is 10.4 Å². The molecule has 2 aromatic rings. The van der Waals surface area contributed by atoms with Gasteiger partial charge >= 0.3 is 0 Å². The highest BCUT2D eigenvalue weighted by Gasteiger charge is 2.17. The lowest BCUT2D eigenvalue weighted by atomic mass is 10.2. The van der Waals surface area contributed by atoms with E-state index in [1.54, 1.807) is 12.1 Å². The van der Waals surface area contributed by atoms with Crippen LogP contribution in [0, 0.1) is 5.82 Å². The van der Waals surface area contributed by atoms with Crippen molar-refractivity contribution in [1.29, 1.82) is 0 Å². The van der Waals surface area contributed by atoms with Crippen LogP contribution in [0.15, 0.2) is 57.9 Å². The maximum Gasteiger partial charge on any atom is 0.269 e. The Labute approximate surface area is 129 Å². The fourth-order valence-electron chi connectivity index (χ4n) is 1.50. The predicted molar refractivity (Wildman–Crippen MR) is 78.3 cm³/mol. The summed E-state index contributed by atoms with van der Waals surface area (Å²) in [5, 5.41) is 0. The van der Waals surface area contributed by atoms with Crippen LogP contribution in [0.3, 0.4) is 0 Å². The monoisotopic (exact) mass is 372 g/mol. The highest BCUT2D eigenvalue weighted by Crippen LogP contribution is 2.14. The number of hydrogen-bond acceptors (Lipinski definition) is 3. The van der Waals surface area contributed by atoms with Gasteiger partial charge in [-0.05, 0) is 36.4 Å². The predicted octanol–water partition coefficient (Wildman–Crippen LogP) is 2.21. The summed E-state index contributed by atoms with van der Waals surface area (Å²) >= 11 is 3.19. The molecule has 0 spiro atoms. The molecule has 0 fully saturated rings. The smallest absolute Gasteiger partial charge is 0.269 e. The molecule has 1 amide bonds. The zero-order valence-electron chi connectivity index (χ0n) is 10.5. The van der Waals surface area contributed by atoms with Crippen molar-refractivity contribution < 1.29 is 17.6 Å². The minimum Gasteiger partial charge on any atom is -0.273 e. The Morgan fingerprint density at radius 2 is 1.67 bits per heavy atom. The van der Waals surface area contributed by atoms with Gasteiger partial charge in [-0.25, -0.2) is 12.8 Å². The number of carbonyl (C=O) groups is 1. The molecule has 0 saturated carbocycles. The second-order valence-electron chi connectivity index (χ2n) is 3.99. The SMILES string of the molecule is O=C(NNS(=O)(=O)c1ccc(Br)cc1)c1ccccc1F. The van der Waals surface area contributed by atoms with E-state index in [9.17, 15) is 17.6 Å². The molecule has 0 atom stereocenters. The van der Waals surface area contributed by atoms with E-state index >= 15 is 0 Å². The second kappa shape index (κ2) is 6.33. The van der Waals surface area contributed by atoms with E-state index < -0.39 is 21.7 Å². The van der Waals surface area contributed by atoms with Crippen molar-refractivity contribution in [3.8, 4) is 0 Å². The zero-order chi connectivity index (χ0) is 15.5. The molecule has 2 rings (SSSR count). The minimum atomic E-state index is -3.92. The van der Waals surface area contributed by atoms with Gasteiger partial charge in [-0.3, -0.25) is 10.2 Å². The van der Waals surface area contributed by atoms with Gasteiger partial charge in [0.1, 0.15) is 5.82 Å². The molecule has 0 aliphatic heterocycles. The van der Waals surface area contributed by atoms with Crippen molar-refractivity contribution in [2.75, 3.05) is 0 Å². The number of amides is 1. The number of rotatable bonds is 4. The molecule has 0 saturated heterocycles. The third kappa shape index (κ3) is 3.87. The first-order valence-electron chi connectivity index (χ1n) is 5.72. The fourth-order valence-corrected chi connectivity index (χ4v) is 2.60. The van der Waals surface area contributed by atoms with Crippen LogP contribution in [0.4, 0.5) is 4.39 Å². The summed E-state index contributed by atoms with van der Waals surface area (Å²) in [6.45, 7) is 0. The summed E-state index contributed by atoms with van der Waals surface area (Å²) in [5.41, 5.74) is 1.71. The number of benzene rings is 2. The van der Waals surface area contributed by atoms with Gasteiger partial charge in [0.25, 0.3) is 15.9 Å². The van der Waals surface area contributed by atoms with Crippen LogP contribution in [-0.4, -0.2) is 14.3 Å². The van der Waals surface area contributed by atoms with E-state index in [0.717, 1.165) is 10.5 Å². The van der Waals surface area contributed by atoms with E-state index in [2.05, 4.69) is 15.9 Å². The Morgan fingerprint density at radius 3 is 2.29 bits per heavy atom. The molecule has 0 unspecified atom stereocenters. The molecule has 8 heteroatoms. The molecule has 21 heavy (non-hydrogen) atoms. The second-order valence-corrected chi connectivity index (χ2v) is 6.59. The largest absolute Gasteiger partial charge is 0.273 e. The molecular weight excluding hydrogens is 363 g/mol. The van der Waals surface area contributed by atoms with Gasteiger partial charge in [0, 0.05) is 4.47 Å². The Balaban J connectivity index is 2.10. The molecule has 0 aromatic heterocycles. The molecule has 2 aromatic carbocycles. The molecule has 110 valence electrons. The van der Waals surface area contributed by atoms with Gasteiger partial charge in [-0.2, -0.15) is 0 Å². The summed E-state index contributed by atoms with van der Waals surface area (Å²) in [5.74, 6) is -1.62. The van der Waals surface area contributed by atoms with Gasteiger partial charge in [-0.1, -0.05) is 28.1 Å². The summed E-state index contributed by atoms with van der Waals surface area (Å²) in [6.07, 6.45) is 0. The van der Waals surface area contributed by atoms with Crippen LogP contribution in [0.25, 0.3) is 0 Å². The molecule has 0 aliphatic rings. The topological polar surface area (TPSA) is 75.3 Å².